The van der Waals surface area contributed by atoms with Crippen LogP contribution >= 0.6 is 0 Å². The predicted octanol–water partition coefficient (Wildman–Crippen LogP) is 4.51. The lowest BCUT2D eigenvalue weighted by molar-refractivity contribution is -0.384. The van der Waals surface area contributed by atoms with Gasteiger partial charge in [0.25, 0.3) is 5.69 Å². The smallest absolute Gasteiger partial charge is 0.334 e. The van der Waals surface area contributed by atoms with Gasteiger partial charge in [0.1, 0.15) is 6.61 Å². The molecule has 1 aliphatic heterocycles. The van der Waals surface area contributed by atoms with Crippen LogP contribution in [0.25, 0.3) is 0 Å². The fourth-order valence-electron chi connectivity index (χ4n) is 3.74. The molecule has 3 rings (SSSR count). The number of allylic oxidation sites excluding steroid dienone is 3. The lowest BCUT2D eigenvalue weighted by Crippen LogP contribution is -2.30. The number of non-ortho nitro benzene ring substituents is 1. The molecular weight excluding hydrogens is 398 g/mol. The van der Waals surface area contributed by atoms with E-state index in [0.717, 1.165) is 5.56 Å². The first-order chi connectivity index (χ1) is 14.8. The highest BCUT2D eigenvalue weighted by Crippen LogP contribution is 2.39. The van der Waals surface area contributed by atoms with Crippen molar-refractivity contribution in [2.24, 2.45) is 5.16 Å². The Bertz CT molecular complexity index is 1100. The largest absolute Gasteiger partial charge is 0.478 e. The summed E-state index contributed by atoms with van der Waals surface area (Å²) in [6.07, 6.45) is 0. The van der Waals surface area contributed by atoms with Crippen molar-refractivity contribution in [1.29, 1.82) is 0 Å². The Morgan fingerprint density at radius 3 is 2.45 bits per heavy atom. The number of benzene rings is 2. The summed E-state index contributed by atoms with van der Waals surface area (Å²) in [5.74, 6) is -1.84. The van der Waals surface area contributed by atoms with Gasteiger partial charge in [0.2, 0.25) is 0 Å². The predicted molar refractivity (Wildman–Crippen MR) is 116 cm³/mol. The van der Waals surface area contributed by atoms with Gasteiger partial charge in [-0.2, -0.15) is 0 Å². The number of carbonyl (C=O) groups is 1. The molecule has 1 unspecified atom stereocenters. The maximum Gasteiger partial charge on any atom is 0.334 e. The van der Waals surface area contributed by atoms with E-state index in [1.165, 1.54) is 12.1 Å². The highest BCUT2D eigenvalue weighted by Gasteiger charge is 2.35. The third-order valence-corrected chi connectivity index (χ3v) is 5.07. The van der Waals surface area contributed by atoms with Crippen LogP contribution in [-0.4, -0.2) is 21.7 Å². The standard InChI is InChI=1S/C23H23N3O5/c1-14-20(16(3)25-31-13-17-8-5-4-6-9-17)22(21(23(27)28)15(2)24-14)18-10-7-11-19(12-18)26(29)30/h4-12,22,24H,13H2,1-3H3,(H,27,28). The van der Waals surface area contributed by atoms with Crippen LogP contribution in [0, 0.1) is 10.1 Å². The van der Waals surface area contributed by atoms with Gasteiger partial charge in [-0.3, -0.25) is 10.1 Å². The van der Waals surface area contributed by atoms with Gasteiger partial charge in [-0.05, 0) is 31.9 Å². The minimum absolute atomic E-state index is 0.106. The lowest BCUT2D eigenvalue weighted by Gasteiger charge is -2.30. The number of carboxylic acids is 1. The average molecular weight is 421 g/mol. The number of rotatable bonds is 7. The molecule has 0 spiro atoms. The second kappa shape index (κ2) is 9.25. The lowest BCUT2D eigenvalue weighted by atomic mass is 9.78. The van der Waals surface area contributed by atoms with Gasteiger partial charge < -0.3 is 15.3 Å². The van der Waals surface area contributed by atoms with Crippen molar-refractivity contribution in [3.8, 4) is 0 Å². The number of nitro benzene ring substituents is 1. The van der Waals surface area contributed by atoms with Crippen molar-refractivity contribution in [3.05, 3.63) is 98.4 Å². The molecule has 0 aliphatic carbocycles. The maximum absolute atomic E-state index is 12.1. The molecule has 0 bridgehead atoms. The van der Waals surface area contributed by atoms with Crippen LogP contribution in [0.15, 0.2) is 82.3 Å². The number of hydrogen-bond acceptors (Lipinski definition) is 6. The zero-order chi connectivity index (χ0) is 22.5. The summed E-state index contributed by atoms with van der Waals surface area (Å²) in [6.45, 7) is 5.49. The van der Waals surface area contributed by atoms with Gasteiger partial charge in [-0.1, -0.05) is 47.6 Å². The zero-order valence-corrected chi connectivity index (χ0v) is 17.5. The molecule has 1 aliphatic rings. The molecular formula is C23H23N3O5. The quantitative estimate of drug-likeness (QED) is 0.386. The fraction of sp³-hybridized carbons (Fsp3) is 0.217. The monoisotopic (exact) mass is 421 g/mol. The van der Waals surface area contributed by atoms with E-state index >= 15 is 0 Å². The van der Waals surface area contributed by atoms with Crippen LogP contribution in [0.1, 0.15) is 37.8 Å². The van der Waals surface area contributed by atoms with E-state index in [-0.39, 0.29) is 17.9 Å². The zero-order valence-electron chi connectivity index (χ0n) is 17.5. The minimum Gasteiger partial charge on any atom is -0.478 e. The Morgan fingerprint density at radius 2 is 1.81 bits per heavy atom. The third-order valence-electron chi connectivity index (χ3n) is 5.07. The number of aliphatic carboxylic acids is 1. The van der Waals surface area contributed by atoms with Crippen LogP contribution in [-0.2, 0) is 16.2 Å². The molecule has 0 saturated carbocycles. The summed E-state index contributed by atoms with van der Waals surface area (Å²) in [7, 11) is 0. The number of nitrogens with zero attached hydrogens (tertiary/aromatic N) is 2. The molecule has 2 aromatic rings. The molecule has 0 aromatic heterocycles. The van der Waals surface area contributed by atoms with Gasteiger partial charge in [0.05, 0.1) is 16.2 Å². The number of nitro groups is 1. The molecule has 2 N–H and O–H groups in total. The van der Waals surface area contributed by atoms with E-state index in [1.54, 1.807) is 26.0 Å². The summed E-state index contributed by atoms with van der Waals surface area (Å²) < 4.78 is 0. The van der Waals surface area contributed by atoms with E-state index in [9.17, 15) is 20.0 Å². The summed E-state index contributed by atoms with van der Waals surface area (Å²) in [5, 5.41) is 28.5. The molecule has 1 atom stereocenters. The average Bonchev–Trinajstić information content (AvgIpc) is 2.73. The van der Waals surface area contributed by atoms with Crippen molar-refractivity contribution in [1.82, 2.24) is 5.32 Å². The van der Waals surface area contributed by atoms with Crippen LogP contribution in [0.2, 0.25) is 0 Å². The number of carboxylic acid groups (broad SMARTS) is 1. The third kappa shape index (κ3) is 4.80. The van der Waals surface area contributed by atoms with E-state index in [1.807, 2.05) is 37.3 Å². The first kappa shape index (κ1) is 21.8. The summed E-state index contributed by atoms with van der Waals surface area (Å²) in [4.78, 5) is 28.4. The Morgan fingerprint density at radius 1 is 1.13 bits per heavy atom. The van der Waals surface area contributed by atoms with Crippen molar-refractivity contribution in [2.45, 2.75) is 33.3 Å². The van der Waals surface area contributed by atoms with Gasteiger partial charge >= 0.3 is 5.97 Å². The van der Waals surface area contributed by atoms with Crippen LogP contribution in [0.5, 0.6) is 0 Å². The van der Waals surface area contributed by atoms with E-state index < -0.39 is 16.8 Å². The first-order valence-electron chi connectivity index (χ1n) is 9.66. The molecule has 0 radical (unpaired) electrons. The molecule has 160 valence electrons. The Balaban J connectivity index is 2.02. The maximum atomic E-state index is 12.1. The topological polar surface area (TPSA) is 114 Å². The molecule has 8 nitrogen and oxygen atoms in total. The van der Waals surface area contributed by atoms with Crippen molar-refractivity contribution >= 4 is 17.4 Å². The van der Waals surface area contributed by atoms with Crippen molar-refractivity contribution < 1.29 is 19.7 Å². The highest BCUT2D eigenvalue weighted by atomic mass is 16.6. The first-order valence-corrected chi connectivity index (χ1v) is 9.66. The molecule has 1 heterocycles. The Kier molecular flexibility index (Phi) is 6.49. The molecule has 8 heteroatoms. The normalized spacial score (nSPS) is 16.7. The van der Waals surface area contributed by atoms with E-state index in [0.29, 0.717) is 28.2 Å². The second-order valence-corrected chi connectivity index (χ2v) is 7.23. The van der Waals surface area contributed by atoms with Crippen LogP contribution in [0.4, 0.5) is 5.69 Å². The SMILES string of the molecule is CC(=NOCc1ccccc1)C1=C(C)NC(C)=C(C(=O)O)C1c1cccc([N+](=O)[O-])c1. The Hall–Kier alpha value is -3.94. The van der Waals surface area contributed by atoms with Gasteiger partial charge in [0.15, 0.2) is 0 Å². The number of dihydropyridines is 1. The van der Waals surface area contributed by atoms with Crippen molar-refractivity contribution in [3.63, 3.8) is 0 Å². The molecule has 0 saturated heterocycles. The fourth-order valence-corrected chi connectivity index (χ4v) is 3.74. The summed E-state index contributed by atoms with van der Waals surface area (Å²) in [5.41, 5.74) is 3.74. The van der Waals surface area contributed by atoms with E-state index in [2.05, 4.69) is 10.5 Å². The molecule has 0 amide bonds. The van der Waals surface area contributed by atoms with Crippen LogP contribution < -0.4 is 5.32 Å². The number of nitrogens with one attached hydrogen (secondary N) is 1. The van der Waals surface area contributed by atoms with Crippen molar-refractivity contribution in [2.75, 3.05) is 0 Å². The Labute approximate surface area is 179 Å². The van der Waals surface area contributed by atoms with Gasteiger partial charge in [0, 0.05) is 35.0 Å². The minimum atomic E-state index is -1.11. The summed E-state index contributed by atoms with van der Waals surface area (Å²) in [6, 6.07) is 15.6. The van der Waals surface area contributed by atoms with Gasteiger partial charge in [-0.25, -0.2) is 4.79 Å². The summed E-state index contributed by atoms with van der Waals surface area (Å²) >= 11 is 0. The number of hydrogen-bond donors (Lipinski definition) is 2. The second-order valence-electron chi connectivity index (χ2n) is 7.23. The number of oxime groups is 1. The highest BCUT2D eigenvalue weighted by molar-refractivity contribution is 6.04. The molecule has 31 heavy (non-hydrogen) atoms. The molecule has 2 aromatic carbocycles. The van der Waals surface area contributed by atoms with Crippen LogP contribution in [0.3, 0.4) is 0 Å². The molecule has 0 fully saturated rings. The van der Waals surface area contributed by atoms with E-state index in [4.69, 9.17) is 4.84 Å². The van der Waals surface area contributed by atoms with Gasteiger partial charge in [-0.15, -0.1) is 0 Å².